The van der Waals surface area contributed by atoms with Gasteiger partial charge in [-0.3, -0.25) is 0 Å². The van der Waals surface area contributed by atoms with E-state index in [2.05, 4.69) is 11.4 Å². The summed E-state index contributed by atoms with van der Waals surface area (Å²) in [5.74, 6) is 1.27. The third-order valence-electron chi connectivity index (χ3n) is 3.68. The number of nitrogens with one attached hydrogen (secondary N) is 1. The fourth-order valence-electron chi connectivity index (χ4n) is 2.67. The van der Waals surface area contributed by atoms with Crippen LogP contribution < -0.4 is 10.1 Å². The molecule has 1 unspecified atom stereocenters. The molecule has 0 saturated carbocycles. The van der Waals surface area contributed by atoms with Gasteiger partial charge in [-0.25, -0.2) is 0 Å². The van der Waals surface area contributed by atoms with E-state index in [-0.39, 0.29) is 6.04 Å². The fraction of sp³-hybridized carbons (Fsp3) is 0.250. The van der Waals surface area contributed by atoms with Crippen LogP contribution >= 0.6 is 0 Å². The topological polar surface area (TPSA) is 41.5 Å². The third kappa shape index (κ3) is 2.24. The zero-order chi connectivity index (χ0) is 13.2. The maximum atomic E-state index is 9.84. The number of aromatic hydroxyl groups is 1. The lowest BCUT2D eigenvalue weighted by Crippen LogP contribution is -2.06. The molecule has 1 aliphatic rings. The summed E-state index contributed by atoms with van der Waals surface area (Å²) in [7, 11) is 1.67. The van der Waals surface area contributed by atoms with E-state index < -0.39 is 0 Å². The summed E-state index contributed by atoms with van der Waals surface area (Å²) in [6.45, 7) is 0. The molecule has 3 nitrogen and oxygen atoms in total. The van der Waals surface area contributed by atoms with Gasteiger partial charge in [0.2, 0.25) is 0 Å². The molecule has 3 heteroatoms. The Hall–Kier alpha value is -2.16. The van der Waals surface area contributed by atoms with Gasteiger partial charge in [-0.1, -0.05) is 12.1 Å². The highest BCUT2D eigenvalue weighted by Gasteiger charge is 2.24. The SMILES string of the molecule is COc1ccc(NC2CCc3c(O)cccc32)cc1. The molecule has 0 amide bonds. The minimum atomic E-state index is 0.274. The Labute approximate surface area is 112 Å². The Kier molecular flexibility index (Phi) is 3.03. The van der Waals surface area contributed by atoms with E-state index in [1.165, 1.54) is 5.56 Å². The van der Waals surface area contributed by atoms with Crippen LogP contribution in [0.3, 0.4) is 0 Å². The normalized spacial score (nSPS) is 17.0. The number of hydrogen-bond acceptors (Lipinski definition) is 3. The number of methoxy groups -OCH3 is 1. The number of phenolic OH excluding ortho intramolecular Hbond substituents is 1. The summed E-state index contributed by atoms with van der Waals surface area (Å²) in [6, 6.07) is 13.9. The van der Waals surface area contributed by atoms with Crippen molar-refractivity contribution in [3.8, 4) is 11.5 Å². The summed E-state index contributed by atoms with van der Waals surface area (Å²) >= 11 is 0. The molecule has 0 spiro atoms. The fourth-order valence-corrected chi connectivity index (χ4v) is 2.67. The van der Waals surface area contributed by atoms with Gasteiger partial charge in [0, 0.05) is 5.69 Å². The maximum Gasteiger partial charge on any atom is 0.119 e. The first-order valence-electron chi connectivity index (χ1n) is 6.49. The maximum absolute atomic E-state index is 9.84. The van der Waals surface area contributed by atoms with Crippen molar-refractivity contribution in [1.29, 1.82) is 0 Å². The van der Waals surface area contributed by atoms with Crippen molar-refractivity contribution in [2.45, 2.75) is 18.9 Å². The summed E-state index contributed by atoms with van der Waals surface area (Å²) in [4.78, 5) is 0. The molecule has 0 bridgehead atoms. The molecule has 0 saturated heterocycles. The van der Waals surface area contributed by atoms with Crippen LogP contribution in [0.4, 0.5) is 5.69 Å². The van der Waals surface area contributed by atoms with E-state index in [4.69, 9.17) is 4.74 Å². The molecule has 0 fully saturated rings. The van der Waals surface area contributed by atoms with Crippen LogP contribution in [0, 0.1) is 0 Å². The first-order valence-corrected chi connectivity index (χ1v) is 6.49. The van der Waals surface area contributed by atoms with Gasteiger partial charge in [0.15, 0.2) is 0 Å². The number of anilines is 1. The highest BCUT2D eigenvalue weighted by Crippen LogP contribution is 2.38. The molecule has 2 aromatic carbocycles. The van der Waals surface area contributed by atoms with Gasteiger partial charge >= 0.3 is 0 Å². The van der Waals surface area contributed by atoms with Gasteiger partial charge in [-0.15, -0.1) is 0 Å². The quantitative estimate of drug-likeness (QED) is 0.882. The van der Waals surface area contributed by atoms with Crippen molar-refractivity contribution in [2.24, 2.45) is 0 Å². The first-order chi connectivity index (χ1) is 9.28. The van der Waals surface area contributed by atoms with Crippen LogP contribution in [-0.4, -0.2) is 12.2 Å². The molecule has 1 aliphatic carbocycles. The molecule has 1 atom stereocenters. The largest absolute Gasteiger partial charge is 0.508 e. The molecule has 0 aliphatic heterocycles. The van der Waals surface area contributed by atoms with Crippen LogP contribution in [0.15, 0.2) is 42.5 Å². The lowest BCUT2D eigenvalue weighted by molar-refractivity contribution is 0.415. The molecule has 98 valence electrons. The van der Waals surface area contributed by atoms with E-state index in [1.807, 2.05) is 30.3 Å². The van der Waals surface area contributed by atoms with Gasteiger partial charge < -0.3 is 15.2 Å². The second-order valence-electron chi connectivity index (χ2n) is 4.81. The van der Waals surface area contributed by atoms with Gasteiger partial charge in [0.05, 0.1) is 13.2 Å². The minimum Gasteiger partial charge on any atom is -0.508 e. The van der Waals surface area contributed by atoms with Crippen molar-refractivity contribution in [1.82, 2.24) is 0 Å². The van der Waals surface area contributed by atoms with Crippen LogP contribution in [0.25, 0.3) is 0 Å². The molecule has 19 heavy (non-hydrogen) atoms. The Morgan fingerprint density at radius 1 is 1.16 bits per heavy atom. The molecule has 2 N–H and O–H groups in total. The Balaban J connectivity index is 1.80. The highest BCUT2D eigenvalue weighted by atomic mass is 16.5. The van der Waals surface area contributed by atoms with Gasteiger partial charge in [0.1, 0.15) is 11.5 Å². The molecule has 3 rings (SSSR count). The number of ether oxygens (including phenoxy) is 1. The number of rotatable bonds is 3. The molecule has 0 heterocycles. The lowest BCUT2D eigenvalue weighted by atomic mass is 10.1. The van der Waals surface area contributed by atoms with Gasteiger partial charge in [-0.05, 0) is 54.3 Å². The summed E-state index contributed by atoms with van der Waals surface area (Å²) < 4.78 is 5.15. The number of phenols is 1. The second kappa shape index (κ2) is 4.84. The van der Waals surface area contributed by atoms with Crippen molar-refractivity contribution >= 4 is 5.69 Å². The van der Waals surface area contributed by atoms with E-state index >= 15 is 0 Å². The monoisotopic (exact) mass is 255 g/mol. The molecule has 2 aromatic rings. The third-order valence-corrected chi connectivity index (χ3v) is 3.68. The number of benzene rings is 2. The first kappa shape index (κ1) is 11.9. The Morgan fingerprint density at radius 3 is 2.68 bits per heavy atom. The Bertz CT molecular complexity index is 578. The second-order valence-corrected chi connectivity index (χ2v) is 4.81. The van der Waals surface area contributed by atoms with E-state index in [0.717, 1.165) is 29.8 Å². The molecular formula is C16H17NO2. The van der Waals surface area contributed by atoms with Crippen molar-refractivity contribution in [3.63, 3.8) is 0 Å². The minimum absolute atomic E-state index is 0.274. The summed E-state index contributed by atoms with van der Waals surface area (Å²) in [6.07, 6.45) is 1.94. The number of fused-ring (bicyclic) bond motifs is 1. The molecular weight excluding hydrogens is 238 g/mol. The predicted molar refractivity (Wildman–Crippen MR) is 75.8 cm³/mol. The van der Waals surface area contributed by atoms with E-state index in [9.17, 15) is 5.11 Å². The molecule has 0 radical (unpaired) electrons. The standard InChI is InChI=1S/C16H17NO2/c1-19-12-7-5-11(6-8-12)17-15-10-9-14-13(15)3-2-4-16(14)18/h2-8,15,17-18H,9-10H2,1H3. The van der Waals surface area contributed by atoms with Crippen LogP contribution in [-0.2, 0) is 6.42 Å². The van der Waals surface area contributed by atoms with Crippen LogP contribution in [0.1, 0.15) is 23.6 Å². The average molecular weight is 255 g/mol. The smallest absolute Gasteiger partial charge is 0.119 e. The van der Waals surface area contributed by atoms with E-state index in [1.54, 1.807) is 13.2 Å². The van der Waals surface area contributed by atoms with Crippen molar-refractivity contribution in [2.75, 3.05) is 12.4 Å². The van der Waals surface area contributed by atoms with E-state index in [0.29, 0.717) is 5.75 Å². The summed E-state index contributed by atoms with van der Waals surface area (Å²) in [5, 5.41) is 13.3. The predicted octanol–water partition coefficient (Wildman–Crippen LogP) is 3.50. The highest BCUT2D eigenvalue weighted by molar-refractivity contribution is 5.52. The Morgan fingerprint density at radius 2 is 1.95 bits per heavy atom. The lowest BCUT2D eigenvalue weighted by Gasteiger charge is -2.16. The van der Waals surface area contributed by atoms with Crippen molar-refractivity contribution < 1.29 is 9.84 Å². The zero-order valence-electron chi connectivity index (χ0n) is 10.9. The van der Waals surface area contributed by atoms with Crippen LogP contribution in [0.2, 0.25) is 0 Å². The summed E-state index contributed by atoms with van der Waals surface area (Å²) in [5.41, 5.74) is 3.35. The zero-order valence-corrected chi connectivity index (χ0v) is 10.9. The number of hydrogen-bond donors (Lipinski definition) is 2. The van der Waals surface area contributed by atoms with Crippen molar-refractivity contribution in [3.05, 3.63) is 53.6 Å². The van der Waals surface area contributed by atoms with Gasteiger partial charge in [-0.2, -0.15) is 0 Å². The van der Waals surface area contributed by atoms with Crippen LogP contribution in [0.5, 0.6) is 11.5 Å². The van der Waals surface area contributed by atoms with Gasteiger partial charge in [0.25, 0.3) is 0 Å². The molecule has 0 aromatic heterocycles. The average Bonchev–Trinajstić information content (AvgIpc) is 2.84.